The summed E-state index contributed by atoms with van der Waals surface area (Å²) in [7, 11) is 0. The fourth-order valence-corrected chi connectivity index (χ4v) is 3.27. The smallest absolute Gasteiger partial charge is 0.303 e. The van der Waals surface area contributed by atoms with E-state index in [-0.39, 0.29) is 11.5 Å². The molecule has 2 aromatic carbocycles. The first-order valence-electron chi connectivity index (χ1n) is 11.4. The Labute approximate surface area is 190 Å². The molecule has 0 amide bonds. The summed E-state index contributed by atoms with van der Waals surface area (Å²) in [5.41, 5.74) is 2.03. The van der Waals surface area contributed by atoms with E-state index < -0.39 is 11.9 Å². The van der Waals surface area contributed by atoms with Gasteiger partial charge in [0.1, 0.15) is 11.5 Å². The summed E-state index contributed by atoms with van der Waals surface area (Å²) in [5, 5.41) is 35.1. The summed E-state index contributed by atoms with van der Waals surface area (Å²) in [5.74, 6) is -0.882. The Morgan fingerprint density at radius 3 is 0.969 bits per heavy atom. The van der Waals surface area contributed by atoms with E-state index in [4.69, 9.17) is 20.4 Å². The van der Waals surface area contributed by atoms with E-state index in [1.165, 1.54) is 25.7 Å². The average molecular weight is 445 g/mol. The molecule has 2 aromatic rings. The third-order valence-electron chi connectivity index (χ3n) is 5.10. The number of unbranched alkanes of at least 4 members (excludes halogenated alkanes) is 9. The number of benzene rings is 2. The predicted octanol–water partition coefficient (Wildman–Crippen LogP) is 6.60. The molecular weight excluding hydrogens is 408 g/mol. The van der Waals surface area contributed by atoms with Crippen LogP contribution in [-0.2, 0) is 9.59 Å². The predicted molar refractivity (Wildman–Crippen MR) is 126 cm³/mol. The van der Waals surface area contributed by atoms with Crippen LogP contribution in [0.15, 0.2) is 48.5 Å². The lowest BCUT2D eigenvalue weighted by Gasteiger charge is -2.01. The van der Waals surface area contributed by atoms with Gasteiger partial charge in [-0.15, -0.1) is 0 Å². The number of phenols is 2. The second kappa shape index (κ2) is 16.6. The Hall–Kier alpha value is -3.02. The summed E-state index contributed by atoms with van der Waals surface area (Å²) in [6.07, 6.45) is 11.3. The Kier molecular flexibility index (Phi) is 14.1. The number of rotatable bonds is 14. The highest BCUT2D eigenvalue weighted by Gasteiger charge is 1.99. The minimum Gasteiger partial charge on any atom is -0.508 e. The van der Waals surface area contributed by atoms with E-state index in [9.17, 15) is 9.59 Å². The molecule has 2 rings (SSSR count). The highest BCUT2D eigenvalue weighted by Crippen LogP contribution is 2.23. The second-order valence-corrected chi connectivity index (χ2v) is 7.92. The lowest BCUT2D eigenvalue weighted by atomic mass is 10.1. The van der Waals surface area contributed by atoms with E-state index in [0.717, 1.165) is 49.7 Å². The van der Waals surface area contributed by atoms with E-state index >= 15 is 0 Å². The van der Waals surface area contributed by atoms with E-state index in [1.807, 2.05) is 24.3 Å². The van der Waals surface area contributed by atoms with E-state index in [0.29, 0.717) is 12.8 Å². The molecule has 0 atom stereocenters. The van der Waals surface area contributed by atoms with Gasteiger partial charge in [0, 0.05) is 12.8 Å². The van der Waals surface area contributed by atoms with E-state index in [1.54, 1.807) is 24.3 Å². The maximum absolute atomic E-state index is 10.3. The van der Waals surface area contributed by atoms with Gasteiger partial charge < -0.3 is 20.4 Å². The molecule has 0 aliphatic heterocycles. The number of carbonyl (C=O) groups is 2. The van der Waals surface area contributed by atoms with Crippen LogP contribution in [0.1, 0.15) is 77.0 Å². The zero-order valence-corrected chi connectivity index (χ0v) is 18.7. The van der Waals surface area contributed by atoms with Gasteiger partial charge in [-0.05, 0) is 48.2 Å². The second-order valence-electron chi connectivity index (χ2n) is 7.92. The maximum atomic E-state index is 10.3. The van der Waals surface area contributed by atoms with Crippen LogP contribution in [0.3, 0.4) is 0 Å². The van der Waals surface area contributed by atoms with Crippen LogP contribution in [0.2, 0.25) is 0 Å². The van der Waals surface area contributed by atoms with Crippen molar-refractivity contribution in [3.8, 4) is 22.6 Å². The summed E-state index contributed by atoms with van der Waals surface area (Å²) in [6, 6.07) is 13.9. The zero-order valence-electron chi connectivity index (χ0n) is 18.7. The van der Waals surface area contributed by atoms with Gasteiger partial charge in [-0.25, -0.2) is 0 Å². The van der Waals surface area contributed by atoms with Gasteiger partial charge in [-0.1, -0.05) is 75.6 Å². The molecule has 0 fully saturated rings. The first-order valence-corrected chi connectivity index (χ1v) is 11.4. The highest BCUT2D eigenvalue weighted by atomic mass is 16.4. The number of carboxylic acid groups (broad SMARTS) is 2. The average Bonchev–Trinajstić information content (AvgIpc) is 2.76. The van der Waals surface area contributed by atoms with Crippen LogP contribution >= 0.6 is 0 Å². The van der Waals surface area contributed by atoms with Crippen molar-refractivity contribution in [2.45, 2.75) is 77.0 Å². The third kappa shape index (κ3) is 14.1. The van der Waals surface area contributed by atoms with Gasteiger partial charge in [-0.2, -0.15) is 0 Å². The lowest BCUT2D eigenvalue weighted by Crippen LogP contribution is -1.93. The normalized spacial score (nSPS) is 10.2. The number of aliphatic carboxylic acids is 2. The molecule has 0 radical (unpaired) electrons. The molecule has 0 heterocycles. The first kappa shape index (κ1) is 27.0. The molecule has 176 valence electrons. The van der Waals surface area contributed by atoms with Crippen molar-refractivity contribution in [2.75, 3.05) is 0 Å². The summed E-state index contributed by atoms with van der Waals surface area (Å²) in [4.78, 5) is 20.5. The molecule has 0 aliphatic rings. The quantitative estimate of drug-likeness (QED) is 0.244. The number of hydrogen-bond donors (Lipinski definition) is 4. The molecule has 0 spiro atoms. The van der Waals surface area contributed by atoms with Crippen LogP contribution in [0.4, 0.5) is 0 Å². The largest absolute Gasteiger partial charge is 0.508 e. The number of carboxylic acids is 2. The number of aromatic hydroxyl groups is 2. The molecule has 6 nitrogen and oxygen atoms in total. The maximum Gasteiger partial charge on any atom is 0.303 e. The van der Waals surface area contributed by atoms with Gasteiger partial charge >= 0.3 is 11.9 Å². The van der Waals surface area contributed by atoms with Crippen LogP contribution < -0.4 is 0 Å². The van der Waals surface area contributed by atoms with Crippen molar-refractivity contribution in [3.63, 3.8) is 0 Å². The summed E-state index contributed by atoms with van der Waals surface area (Å²) in [6.45, 7) is 0. The van der Waals surface area contributed by atoms with Gasteiger partial charge in [0.25, 0.3) is 0 Å². The minimum absolute atomic E-state index is 0.257. The Morgan fingerprint density at radius 1 is 0.469 bits per heavy atom. The number of hydrogen-bond acceptors (Lipinski definition) is 4. The summed E-state index contributed by atoms with van der Waals surface area (Å²) >= 11 is 0. The van der Waals surface area contributed by atoms with Gasteiger partial charge in [0.2, 0.25) is 0 Å². The minimum atomic E-state index is -0.698. The molecule has 0 saturated heterocycles. The number of phenolic OH excluding ortho intramolecular Hbond substituents is 2. The highest BCUT2D eigenvalue weighted by molar-refractivity contribution is 5.67. The van der Waals surface area contributed by atoms with Crippen molar-refractivity contribution < 1.29 is 30.0 Å². The standard InChI is InChI=1S/C14H26O4.C12H10O2/c15-13(16)11-9-7-5-3-1-2-4-6-8-10-12-14(17)18;13-11-5-1-9(2-6-11)10-3-7-12(14)8-4-10/h1-12H2,(H,15,16)(H,17,18);1-8,13-14H. The molecule has 0 unspecified atom stereocenters. The Morgan fingerprint density at radius 2 is 0.719 bits per heavy atom. The fraction of sp³-hybridized carbons (Fsp3) is 0.462. The van der Waals surface area contributed by atoms with Crippen LogP contribution in [0.5, 0.6) is 11.5 Å². The van der Waals surface area contributed by atoms with Crippen molar-refractivity contribution in [3.05, 3.63) is 48.5 Å². The molecule has 4 N–H and O–H groups in total. The summed E-state index contributed by atoms with van der Waals surface area (Å²) < 4.78 is 0. The fourth-order valence-electron chi connectivity index (χ4n) is 3.27. The molecule has 0 bridgehead atoms. The monoisotopic (exact) mass is 444 g/mol. The zero-order chi connectivity index (χ0) is 23.6. The molecule has 0 aliphatic carbocycles. The third-order valence-corrected chi connectivity index (χ3v) is 5.10. The van der Waals surface area contributed by atoms with Gasteiger partial charge in [0.05, 0.1) is 0 Å². The van der Waals surface area contributed by atoms with Crippen molar-refractivity contribution in [1.29, 1.82) is 0 Å². The molecular formula is C26H36O6. The topological polar surface area (TPSA) is 115 Å². The Bertz CT molecular complexity index is 700. The SMILES string of the molecule is O=C(O)CCCCCCCCCCCCC(=O)O.Oc1ccc(-c2ccc(O)cc2)cc1. The van der Waals surface area contributed by atoms with Gasteiger partial charge in [0.15, 0.2) is 0 Å². The first-order chi connectivity index (χ1) is 15.4. The van der Waals surface area contributed by atoms with E-state index in [2.05, 4.69) is 0 Å². The van der Waals surface area contributed by atoms with Gasteiger partial charge in [-0.3, -0.25) is 9.59 Å². The van der Waals surface area contributed by atoms with Crippen LogP contribution in [-0.4, -0.2) is 32.4 Å². The van der Waals surface area contributed by atoms with Crippen molar-refractivity contribution >= 4 is 11.9 Å². The lowest BCUT2D eigenvalue weighted by molar-refractivity contribution is -0.138. The molecule has 0 aromatic heterocycles. The molecule has 32 heavy (non-hydrogen) atoms. The van der Waals surface area contributed by atoms with Crippen LogP contribution in [0.25, 0.3) is 11.1 Å². The molecule has 0 saturated carbocycles. The van der Waals surface area contributed by atoms with Crippen LogP contribution in [0, 0.1) is 0 Å². The Balaban J connectivity index is 0.000000328. The van der Waals surface area contributed by atoms with Crippen molar-refractivity contribution in [1.82, 2.24) is 0 Å². The van der Waals surface area contributed by atoms with Crippen molar-refractivity contribution in [2.24, 2.45) is 0 Å². The molecule has 6 heteroatoms.